The Balaban J connectivity index is 1.76. The first-order valence-corrected chi connectivity index (χ1v) is 7.91. The Labute approximate surface area is 149 Å². The van der Waals surface area contributed by atoms with E-state index in [0.29, 0.717) is 22.5 Å². The van der Waals surface area contributed by atoms with Crippen molar-refractivity contribution < 1.29 is 9.53 Å². The second-order valence-corrected chi connectivity index (χ2v) is 5.74. The molecular formula is C18H16N6O2. The van der Waals surface area contributed by atoms with Crippen LogP contribution in [0.15, 0.2) is 55.4 Å². The number of methoxy groups -OCH3 is 1. The predicted molar refractivity (Wildman–Crippen MR) is 96.1 cm³/mol. The third-order valence-corrected chi connectivity index (χ3v) is 4.02. The van der Waals surface area contributed by atoms with E-state index in [9.17, 15) is 4.79 Å². The fourth-order valence-electron chi connectivity index (χ4n) is 2.77. The minimum Gasteiger partial charge on any atom is -0.494 e. The zero-order chi connectivity index (χ0) is 18.1. The van der Waals surface area contributed by atoms with E-state index in [1.165, 1.54) is 6.20 Å². The van der Waals surface area contributed by atoms with Gasteiger partial charge in [-0.3, -0.25) is 14.5 Å². The number of rotatable bonds is 4. The molecule has 0 saturated heterocycles. The number of carbonyl (C=O) groups excluding carboxylic acids is 1. The van der Waals surface area contributed by atoms with Gasteiger partial charge in [-0.05, 0) is 18.2 Å². The molecule has 0 aromatic carbocycles. The Kier molecular flexibility index (Phi) is 3.85. The van der Waals surface area contributed by atoms with Crippen LogP contribution in [0.3, 0.4) is 0 Å². The van der Waals surface area contributed by atoms with Gasteiger partial charge in [0.1, 0.15) is 11.3 Å². The average molecular weight is 348 g/mol. The normalized spacial score (nSPS) is 10.8. The highest BCUT2D eigenvalue weighted by Gasteiger charge is 2.18. The quantitative estimate of drug-likeness (QED) is 0.612. The molecule has 8 nitrogen and oxygen atoms in total. The highest BCUT2D eigenvalue weighted by Crippen LogP contribution is 2.30. The summed E-state index contributed by atoms with van der Waals surface area (Å²) in [6.07, 6.45) is 10.3. The molecule has 1 N–H and O–H groups in total. The molecule has 0 aliphatic rings. The van der Waals surface area contributed by atoms with Crippen LogP contribution in [0.25, 0.3) is 16.6 Å². The second-order valence-electron chi connectivity index (χ2n) is 5.74. The number of nitrogens with one attached hydrogen (secondary N) is 1. The van der Waals surface area contributed by atoms with Gasteiger partial charge in [-0.2, -0.15) is 10.2 Å². The Morgan fingerprint density at radius 3 is 2.62 bits per heavy atom. The van der Waals surface area contributed by atoms with Gasteiger partial charge in [-0.15, -0.1) is 0 Å². The average Bonchev–Trinajstić information content (AvgIpc) is 3.28. The topological polar surface area (TPSA) is 86.3 Å². The molecule has 0 aliphatic carbocycles. The molecule has 4 aromatic heterocycles. The number of fused-ring (bicyclic) bond motifs is 1. The van der Waals surface area contributed by atoms with Crippen LogP contribution in [0, 0.1) is 0 Å². The van der Waals surface area contributed by atoms with Gasteiger partial charge in [0, 0.05) is 48.6 Å². The van der Waals surface area contributed by atoms with Gasteiger partial charge in [0.2, 0.25) is 0 Å². The van der Waals surface area contributed by atoms with Gasteiger partial charge < -0.3 is 10.1 Å². The van der Waals surface area contributed by atoms with E-state index in [1.807, 2.05) is 25.5 Å². The number of hydrogen-bond donors (Lipinski definition) is 1. The summed E-state index contributed by atoms with van der Waals surface area (Å²) in [7, 11) is 3.43. The van der Waals surface area contributed by atoms with Crippen molar-refractivity contribution >= 4 is 17.1 Å². The van der Waals surface area contributed by atoms with Gasteiger partial charge >= 0.3 is 0 Å². The van der Waals surface area contributed by atoms with Crippen LogP contribution in [0.4, 0.5) is 5.69 Å². The third kappa shape index (κ3) is 2.77. The van der Waals surface area contributed by atoms with Gasteiger partial charge in [-0.25, -0.2) is 4.52 Å². The van der Waals surface area contributed by atoms with Crippen LogP contribution in [-0.2, 0) is 7.05 Å². The van der Waals surface area contributed by atoms with E-state index in [-0.39, 0.29) is 5.91 Å². The number of pyridine rings is 2. The van der Waals surface area contributed by atoms with Crippen LogP contribution in [0.2, 0.25) is 0 Å². The third-order valence-electron chi connectivity index (χ3n) is 4.02. The van der Waals surface area contributed by atoms with Gasteiger partial charge in [0.05, 0.1) is 25.1 Å². The second kappa shape index (κ2) is 6.32. The first-order chi connectivity index (χ1) is 12.7. The fourth-order valence-corrected chi connectivity index (χ4v) is 2.77. The lowest BCUT2D eigenvalue weighted by Crippen LogP contribution is -2.12. The standard InChI is InChI=1S/C18H16N6O2/c1-23-10-13(8-20-23)12-7-16(26-2)17-15(9-21-24(17)11-12)18(25)22-14-3-5-19-6-4-14/h3-11H,1-2H3,(H,19,22,25). The van der Waals surface area contributed by atoms with E-state index >= 15 is 0 Å². The summed E-state index contributed by atoms with van der Waals surface area (Å²) < 4.78 is 8.88. The predicted octanol–water partition coefficient (Wildman–Crippen LogP) is 2.39. The molecule has 130 valence electrons. The molecule has 8 heteroatoms. The highest BCUT2D eigenvalue weighted by molar-refractivity contribution is 6.09. The minimum atomic E-state index is -0.265. The van der Waals surface area contributed by atoms with Crippen molar-refractivity contribution in [2.75, 3.05) is 12.4 Å². The van der Waals surface area contributed by atoms with Crippen molar-refractivity contribution in [1.29, 1.82) is 0 Å². The lowest BCUT2D eigenvalue weighted by Gasteiger charge is -2.08. The number of aromatic nitrogens is 5. The van der Waals surface area contributed by atoms with Crippen molar-refractivity contribution in [3.63, 3.8) is 0 Å². The molecule has 4 rings (SSSR count). The molecule has 4 heterocycles. The lowest BCUT2D eigenvalue weighted by atomic mass is 10.1. The maximum Gasteiger partial charge on any atom is 0.259 e. The van der Waals surface area contributed by atoms with E-state index in [4.69, 9.17) is 4.74 Å². The van der Waals surface area contributed by atoms with Crippen LogP contribution < -0.4 is 10.1 Å². The number of ether oxygens (including phenoxy) is 1. The number of aryl methyl sites for hydroxylation is 1. The van der Waals surface area contributed by atoms with Crippen LogP contribution >= 0.6 is 0 Å². The Morgan fingerprint density at radius 1 is 1.12 bits per heavy atom. The summed E-state index contributed by atoms with van der Waals surface area (Å²) >= 11 is 0. The molecule has 0 aliphatic heterocycles. The Morgan fingerprint density at radius 2 is 1.92 bits per heavy atom. The molecule has 0 radical (unpaired) electrons. The van der Waals surface area contributed by atoms with Crippen molar-refractivity contribution in [1.82, 2.24) is 24.4 Å². The van der Waals surface area contributed by atoms with Crippen LogP contribution in [-0.4, -0.2) is 37.4 Å². The first kappa shape index (κ1) is 15.8. The summed E-state index contributed by atoms with van der Waals surface area (Å²) in [4.78, 5) is 16.6. The summed E-state index contributed by atoms with van der Waals surface area (Å²) in [5.41, 5.74) is 3.52. The van der Waals surface area contributed by atoms with E-state index in [0.717, 1.165) is 11.1 Å². The van der Waals surface area contributed by atoms with Gasteiger partial charge in [-0.1, -0.05) is 0 Å². The first-order valence-electron chi connectivity index (χ1n) is 7.91. The Bertz CT molecular complexity index is 1080. The molecule has 1 amide bonds. The van der Waals surface area contributed by atoms with Gasteiger partial charge in [0.15, 0.2) is 0 Å². The van der Waals surface area contributed by atoms with Crippen LogP contribution in [0.5, 0.6) is 5.75 Å². The smallest absolute Gasteiger partial charge is 0.259 e. The number of amides is 1. The molecule has 0 unspecified atom stereocenters. The molecule has 0 spiro atoms. The molecule has 0 bridgehead atoms. The Hall–Kier alpha value is -3.68. The van der Waals surface area contributed by atoms with Crippen molar-refractivity contribution in [3.05, 3.63) is 60.9 Å². The van der Waals surface area contributed by atoms with E-state index < -0.39 is 0 Å². The maximum absolute atomic E-state index is 12.7. The van der Waals surface area contributed by atoms with E-state index in [2.05, 4.69) is 20.5 Å². The highest BCUT2D eigenvalue weighted by atomic mass is 16.5. The SMILES string of the molecule is COc1cc(-c2cnn(C)c2)cn2ncc(C(=O)Nc3ccncc3)c12. The monoisotopic (exact) mass is 348 g/mol. The number of hydrogen-bond acceptors (Lipinski definition) is 5. The fraction of sp³-hybridized carbons (Fsp3) is 0.111. The van der Waals surface area contributed by atoms with Crippen LogP contribution in [0.1, 0.15) is 10.4 Å². The van der Waals surface area contributed by atoms with Crippen molar-refractivity contribution in [3.8, 4) is 16.9 Å². The lowest BCUT2D eigenvalue weighted by molar-refractivity contribution is 0.102. The number of carbonyl (C=O) groups is 1. The molecule has 26 heavy (non-hydrogen) atoms. The van der Waals surface area contributed by atoms with E-state index in [1.54, 1.807) is 47.0 Å². The van der Waals surface area contributed by atoms with Crippen molar-refractivity contribution in [2.24, 2.45) is 7.05 Å². The zero-order valence-corrected chi connectivity index (χ0v) is 14.2. The number of nitrogens with zero attached hydrogens (tertiary/aromatic N) is 5. The maximum atomic E-state index is 12.7. The molecule has 0 atom stereocenters. The molecule has 4 aromatic rings. The summed E-state index contributed by atoms with van der Waals surface area (Å²) in [6.45, 7) is 0. The molecule has 0 saturated carbocycles. The minimum absolute atomic E-state index is 0.265. The number of anilines is 1. The molecular weight excluding hydrogens is 332 g/mol. The largest absolute Gasteiger partial charge is 0.494 e. The summed E-state index contributed by atoms with van der Waals surface area (Å²) in [5, 5.41) is 11.3. The summed E-state index contributed by atoms with van der Waals surface area (Å²) in [6, 6.07) is 5.32. The van der Waals surface area contributed by atoms with Gasteiger partial charge in [0.25, 0.3) is 5.91 Å². The molecule has 0 fully saturated rings. The summed E-state index contributed by atoms with van der Waals surface area (Å²) in [5.74, 6) is 0.294. The zero-order valence-electron chi connectivity index (χ0n) is 14.2. The van der Waals surface area contributed by atoms with Crippen molar-refractivity contribution in [2.45, 2.75) is 0 Å².